The summed E-state index contributed by atoms with van der Waals surface area (Å²) in [4.78, 5) is 2.54. The van der Waals surface area contributed by atoms with Crippen LogP contribution in [-0.4, -0.2) is 0 Å². The van der Waals surface area contributed by atoms with Crippen molar-refractivity contribution in [2.45, 2.75) is 96.3 Å². The van der Waals surface area contributed by atoms with Crippen LogP contribution in [0.3, 0.4) is 0 Å². The monoisotopic (exact) mass is 929 g/mol. The van der Waals surface area contributed by atoms with Crippen LogP contribution in [0.25, 0.3) is 83.7 Å². The maximum Gasteiger partial charge on any atom is 0.0619 e. The van der Waals surface area contributed by atoms with E-state index in [4.69, 9.17) is 0 Å². The normalized spacial score (nSPS) is 15.4. The fourth-order valence-electron chi connectivity index (χ4n) is 12.7. The summed E-state index contributed by atoms with van der Waals surface area (Å²) in [6.45, 7) is 0. The minimum atomic E-state index is 1.14. The number of benzene rings is 10. The highest BCUT2D eigenvalue weighted by Crippen LogP contribution is 2.51. The lowest BCUT2D eigenvalue weighted by Crippen LogP contribution is -2.11. The molecular weight excluding hydrogens is 867 g/mol. The zero-order valence-corrected chi connectivity index (χ0v) is 41.6. The average molecular weight is 930 g/mol. The van der Waals surface area contributed by atoms with Gasteiger partial charge in [0.25, 0.3) is 0 Å². The molecular formula is C71H63N. The van der Waals surface area contributed by atoms with Gasteiger partial charge in [-0.15, -0.1) is 0 Å². The standard InChI is InChI=1S/C71H63N/c1-4-15-49(16-5-1)45-52-29-37-56(38-30-52)67(57-39-31-53(32-40-57)46-50-17-6-2-7-18-50)48-55-35-43-60(44-36-55)72(59-41-33-54(34-42-59)47-51-19-8-3-9-20-51)71-64-24-11-10-23-63(64)69-65-27-13-22-58-21-12-25-61(68(58)65)62-26-14-28-66(71)70(62)69/h10-14,21-48H,1-9,15-20H2. The van der Waals surface area contributed by atoms with E-state index in [9.17, 15) is 0 Å². The second-order valence-corrected chi connectivity index (χ2v) is 21.1. The molecule has 0 unspecified atom stereocenters. The number of nitrogens with zero attached hydrogens (tertiary/aromatic N) is 1. The first-order valence-corrected chi connectivity index (χ1v) is 27.2. The number of fused-ring (bicyclic) bond motifs is 4. The third-order valence-corrected chi connectivity index (χ3v) is 16.4. The highest BCUT2D eigenvalue weighted by atomic mass is 15.1. The second kappa shape index (κ2) is 19.6. The summed E-state index contributed by atoms with van der Waals surface area (Å²) in [6.07, 6.45) is 29.0. The fourth-order valence-corrected chi connectivity index (χ4v) is 12.7. The predicted octanol–water partition coefficient (Wildman–Crippen LogP) is 21.0. The summed E-state index contributed by atoms with van der Waals surface area (Å²) in [5.41, 5.74) is 17.1. The number of hydrogen-bond donors (Lipinski definition) is 0. The van der Waals surface area contributed by atoms with Crippen LogP contribution < -0.4 is 4.90 Å². The van der Waals surface area contributed by atoms with Gasteiger partial charge in [-0.05, 0) is 184 Å². The second-order valence-electron chi connectivity index (χ2n) is 21.1. The highest BCUT2D eigenvalue weighted by Gasteiger charge is 2.24. The van der Waals surface area contributed by atoms with Gasteiger partial charge < -0.3 is 4.90 Å². The van der Waals surface area contributed by atoms with Crippen LogP contribution in [0.1, 0.15) is 130 Å². The van der Waals surface area contributed by atoms with Gasteiger partial charge in [0.1, 0.15) is 0 Å². The number of hydrogen-bond acceptors (Lipinski definition) is 1. The van der Waals surface area contributed by atoms with Gasteiger partial charge in [-0.2, -0.15) is 0 Å². The Morgan fingerprint density at radius 1 is 0.306 bits per heavy atom. The molecule has 0 heterocycles. The molecule has 0 bridgehead atoms. The summed E-state index contributed by atoms with van der Waals surface area (Å²) in [5, 5.41) is 13.0. The van der Waals surface area contributed by atoms with Crippen molar-refractivity contribution in [2.24, 2.45) is 0 Å². The Balaban J connectivity index is 0.958. The Kier molecular flexibility index (Phi) is 12.1. The molecule has 0 aliphatic heterocycles. The molecule has 0 atom stereocenters. The van der Waals surface area contributed by atoms with E-state index >= 15 is 0 Å². The summed E-state index contributed by atoms with van der Waals surface area (Å²) in [5.74, 6) is 0. The van der Waals surface area contributed by atoms with Crippen molar-refractivity contribution in [2.75, 3.05) is 4.90 Å². The molecule has 72 heavy (non-hydrogen) atoms. The van der Waals surface area contributed by atoms with Crippen molar-refractivity contribution in [3.05, 3.63) is 226 Å². The molecule has 3 aliphatic rings. The van der Waals surface area contributed by atoms with Gasteiger partial charge in [-0.25, -0.2) is 0 Å². The Morgan fingerprint density at radius 3 is 1.19 bits per heavy atom. The molecule has 3 fully saturated rings. The molecule has 352 valence electrons. The Labute approximate surface area is 425 Å². The van der Waals surface area contributed by atoms with Crippen LogP contribution in [0.5, 0.6) is 0 Å². The molecule has 0 spiro atoms. The van der Waals surface area contributed by atoms with Crippen LogP contribution in [0.15, 0.2) is 193 Å². The maximum absolute atomic E-state index is 2.54. The van der Waals surface area contributed by atoms with Gasteiger partial charge in [0.15, 0.2) is 0 Å². The van der Waals surface area contributed by atoms with E-state index < -0.39 is 0 Å². The number of allylic oxidation sites excluding steroid dienone is 3. The number of rotatable bonds is 9. The molecule has 10 aromatic rings. The quantitative estimate of drug-likeness (QED) is 0.0792. The molecule has 13 rings (SSSR count). The Morgan fingerprint density at radius 2 is 0.681 bits per heavy atom. The van der Waals surface area contributed by atoms with Crippen molar-refractivity contribution in [1.29, 1.82) is 0 Å². The van der Waals surface area contributed by atoms with E-state index in [2.05, 4.69) is 205 Å². The van der Waals surface area contributed by atoms with Gasteiger partial charge in [0.05, 0.1) is 5.69 Å². The lowest BCUT2D eigenvalue weighted by atomic mass is 9.86. The van der Waals surface area contributed by atoms with Gasteiger partial charge >= 0.3 is 0 Å². The zero-order chi connectivity index (χ0) is 47.8. The molecule has 10 aromatic carbocycles. The van der Waals surface area contributed by atoms with E-state index in [1.807, 2.05) is 0 Å². The minimum absolute atomic E-state index is 1.14. The van der Waals surface area contributed by atoms with Crippen molar-refractivity contribution in [3.8, 4) is 0 Å². The first-order valence-electron chi connectivity index (χ1n) is 27.2. The first-order chi connectivity index (χ1) is 35.7. The molecule has 1 nitrogen and oxygen atoms in total. The summed E-state index contributed by atoms with van der Waals surface area (Å²) >= 11 is 0. The third-order valence-electron chi connectivity index (χ3n) is 16.4. The molecule has 3 aliphatic carbocycles. The van der Waals surface area contributed by atoms with Gasteiger partial charge in [-0.1, -0.05) is 206 Å². The lowest BCUT2D eigenvalue weighted by Gasteiger charge is -2.30. The van der Waals surface area contributed by atoms with E-state index in [-0.39, 0.29) is 0 Å². The highest BCUT2D eigenvalue weighted by molar-refractivity contribution is 6.40. The fraction of sp³-hybridized carbons (Fsp3) is 0.211. The molecule has 0 N–H and O–H groups in total. The molecule has 0 radical (unpaired) electrons. The zero-order valence-electron chi connectivity index (χ0n) is 41.6. The molecule has 0 amide bonds. The summed E-state index contributed by atoms with van der Waals surface area (Å²) < 4.78 is 0. The average Bonchev–Trinajstić information content (AvgIpc) is 3.44. The van der Waals surface area contributed by atoms with E-state index in [1.54, 1.807) is 16.7 Å². The topological polar surface area (TPSA) is 3.24 Å². The van der Waals surface area contributed by atoms with Crippen LogP contribution in [0, 0.1) is 0 Å². The van der Waals surface area contributed by atoms with Crippen molar-refractivity contribution in [1.82, 2.24) is 0 Å². The van der Waals surface area contributed by atoms with Crippen LogP contribution >= 0.6 is 0 Å². The summed E-state index contributed by atoms with van der Waals surface area (Å²) in [7, 11) is 0. The minimum Gasteiger partial charge on any atom is -0.309 e. The van der Waals surface area contributed by atoms with Crippen LogP contribution in [0.4, 0.5) is 17.1 Å². The molecule has 3 saturated carbocycles. The van der Waals surface area contributed by atoms with Crippen molar-refractivity contribution in [3.63, 3.8) is 0 Å². The van der Waals surface area contributed by atoms with Crippen molar-refractivity contribution < 1.29 is 0 Å². The molecule has 0 saturated heterocycles. The predicted molar refractivity (Wildman–Crippen MR) is 313 cm³/mol. The van der Waals surface area contributed by atoms with E-state index in [1.165, 1.54) is 195 Å². The largest absolute Gasteiger partial charge is 0.309 e. The maximum atomic E-state index is 2.54. The summed E-state index contributed by atoms with van der Waals surface area (Å²) in [6, 6.07) is 67.2. The Hall–Kier alpha value is -7.48. The van der Waals surface area contributed by atoms with Gasteiger partial charge in [0.2, 0.25) is 0 Å². The van der Waals surface area contributed by atoms with Crippen LogP contribution in [-0.2, 0) is 0 Å². The Bertz CT molecular complexity index is 3630. The molecule has 1 heteroatoms. The van der Waals surface area contributed by atoms with Gasteiger partial charge in [0, 0.05) is 27.5 Å². The smallest absolute Gasteiger partial charge is 0.0619 e. The SMILES string of the molecule is C(=C1CCCCC1)c1ccc(C(=Cc2ccc(N(c3ccc(C=C4CCCCC4)cc3)c3c4ccccc4c4c5cccc6cccc(c7cccc3c74)c65)cc2)c2ccc(C=C3CCCCC3)cc2)cc1. The van der Waals surface area contributed by atoms with E-state index in [0.717, 1.165) is 11.4 Å². The molecule has 0 aromatic heterocycles. The van der Waals surface area contributed by atoms with E-state index in [0.29, 0.717) is 0 Å². The first kappa shape index (κ1) is 44.5. The van der Waals surface area contributed by atoms with Crippen LogP contribution in [0.2, 0.25) is 0 Å². The number of anilines is 3. The van der Waals surface area contributed by atoms with Gasteiger partial charge in [-0.3, -0.25) is 0 Å². The lowest BCUT2D eigenvalue weighted by molar-refractivity contribution is 0.602. The van der Waals surface area contributed by atoms with Crippen molar-refractivity contribution >= 4 is 101 Å². The third kappa shape index (κ3) is 8.64.